The molecule has 0 aliphatic rings. The van der Waals surface area contributed by atoms with E-state index in [1.165, 1.54) is 11.1 Å². The van der Waals surface area contributed by atoms with Crippen molar-refractivity contribution >= 4 is 5.71 Å². The van der Waals surface area contributed by atoms with Crippen LogP contribution >= 0.6 is 0 Å². The van der Waals surface area contributed by atoms with Crippen LogP contribution in [-0.4, -0.2) is 15.9 Å². The second kappa shape index (κ2) is 6.33. The predicted octanol–water partition coefficient (Wildman–Crippen LogP) is 3.82. The summed E-state index contributed by atoms with van der Waals surface area (Å²) in [6.45, 7) is 6.01. The lowest BCUT2D eigenvalue weighted by Crippen LogP contribution is -2.05. The van der Waals surface area contributed by atoms with Crippen LogP contribution in [0.3, 0.4) is 0 Å². The average Bonchev–Trinajstić information content (AvgIpc) is 2.40. The second-order valence-electron chi connectivity index (χ2n) is 5.11. The van der Waals surface area contributed by atoms with Gasteiger partial charge in [0.15, 0.2) is 0 Å². The molecule has 2 aromatic rings. The van der Waals surface area contributed by atoms with Crippen molar-refractivity contribution in [2.75, 3.05) is 0 Å². The highest BCUT2D eigenvalue weighted by Crippen LogP contribution is 2.14. The van der Waals surface area contributed by atoms with Gasteiger partial charge in [-0.3, -0.25) is 4.98 Å². The highest BCUT2D eigenvalue weighted by molar-refractivity contribution is 6.00. The lowest BCUT2D eigenvalue weighted by Gasteiger charge is -2.08. The number of aromatic nitrogens is 1. The molecule has 0 fully saturated rings. The topological polar surface area (TPSA) is 45.5 Å². The van der Waals surface area contributed by atoms with Crippen molar-refractivity contribution in [1.29, 1.82) is 0 Å². The zero-order valence-corrected chi connectivity index (χ0v) is 12.2. The summed E-state index contributed by atoms with van der Waals surface area (Å²) in [6.07, 6.45) is 1.58. The number of hydrogen-bond acceptors (Lipinski definition) is 3. The number of benzene rings is 1. The molecule has 3 heteroatoms. The van der Waals surface area contributed by atoms with Crippen molar-refractivity contribution in [3.63, 3.8) is 0 Å². The number of oxime groups is 1. The van der Waals surface area contributed by atoms with Gasteiger partial charge in [0, 0.05) is 17.0 Å². The highest BCUT2D eigenvalue weighted by Gasteiger charge is 2.08. The van der Waals surface area contributed by atoms with Crippen LogP contribution in [0.5, 0.6) is 0 Å². The van der Waals surface area contributed by atoms with E-state index in [1.54, 1.807) is 0 Å². The van der Waals surface area contributed by atoms with Gasteiger partial charge in [0.05, 0.1) is 5.71 Å². The summed E-state index contributed by atoms with van der Waals surface area (Å²) in [5.41, 5.74) is 6.10. The van der Waals surface area contributed by atoms with E-state index in [1.807, 2.05) is 38.1 Å². The van der Waals surface area contributed by atoms with Crippen molar-refractivity contribution in [1.82, 2.24) is 4.98 Å². The van der Waals surface area contributed by atoms with Crippen molar-refractivity contribution in [3.8, 4) is 0 Å². The van der Waals surface area contributed by atoms with Crippen molar-refractivity contribution < 1.29 is 5.21 Å². The smallest absolute Gasteiger partial charge is 0.0872 e. The SMILES string of the molecule is Cc1cc(/C(CCc2ccccc2C)=N/O)cc(C)n1. The van der Waals surface area contributed by atoms with Crippen molar-refractivity contribution in [3.05, 3.63) is 64.5 Å². The summed E-state index contributed by atoms with van der Waals surface area (Å²) in [4.78, 5) is 4.35. The summed E-state index contributed by atoms with van der Waals surface area (Å²) >= 11 is 0. The van der Waals surface area contributed by atoms with E-state index < -0.39 is 0 Å². The zero-order chi connectivity index (χ0) is 14.5. The Balaban J connectivity index is 2.16. The number of hydrogen-bond donors (Lipinski definition) is 1. The fraction of sp³-hybridized carbons (Fsp3) is 0.294. The Hall–Kier alpha value is -2.16. The Labute approximate surface area is 120 Å². The zero-order valence-electron chi connectivity index (χ0n) is 12.2. The van der Waals surface area contributed by atoms with Gasteiger partial charge in [-0.05, 0) is 56.9 Å². The standard InChI is InChI=1S/C17H20N2O/c1-12-6-4-5-7-15(12)8-9-17(19-20)16-10-13(2)18-14(3)11-16/h4-7,10-11,20H,8-9H2,1-3H3/b19-17+. The Kier molecular flexibility index (Phi) is 4.51. The lowest BCUT2D eigenvalue weighted by molar-refractivity contribution is 0.318. The molecule has 1 N–H and O–H groups in total. The molecular formula is C17H20N2O. The van der Waals surface area contributed by atoms with Crippen LogP contribution in [0, 0.1) is 20.8 Å². The van der Waals surface area contributed by atoms with Gasteiger partial charge in [-0.15, -0.1) is 0 Å². The molecule has 104 valence electrons. The predicted molar refractivity (Wildman–Crippen MR) is 81.5 cm³/mol. The number of nitrogens with zero attached hydrogens (tertiary/aromatic N) is 2. The molecular weight excluding hydrogens is 248 g/mol. The molecule has 0 bridgehead atoms. The molecule has 0 spiro atoms. The largest absolute Gasteiger partial charge is 0.411 e. The second-order valence-corrected chi connectivity index (χ2v) is 5.11. The van der Waals surface area contributed by atoms with Gasteiger partial charge in [0.25, 0.3) is 0 Å². The van der Waals surface area contributed by atoms with E-state index in [2.05, 4.69) is 29.2 Å². The molecule has 3 nitrogen and oxygen atoms in total. The summed E-state index contributed by atoms with van der Waals surface area (Å²) in [7, 11) is 0. The summed E-state index contributed by atoms with van der Waals surface area (Å²) in [5.74, 6) is 0. The fourth-order valence-corrected chi connectivity index (χ4v) is 2.40. The molecule has 1 heterocycles. The monoisotopic (exact) mass is 268 g/mol. The first kappa shape index (κ1) is 14.3. The van der Waals surface area contributed by atoms with Crippen LogP contribution in [-0.2, 0) is 6.42 Å². The number of aryl methyl sites for hydroxylation is 4. The first-order chi connectivity index (χ1) is 9.60. The molecule has 0 saturated heterocycles. The maximum absolute atomic E-state index is 9.28. The van der Waals surface area contributed by atoms with Crippen LogP contribution < -0.4 is 0 Å². The Morgan fingerprint density at radius 2 is 1.75 bits per heavy atom. The van der Waals surface area contributed by atoms with Crippen LogP contribution in [0.25, 0.3) is 0 Å². The molecule has 0 unspecified atom stereocenters. The van der Waals surface area contributed by atoms with Gasteiger partial charge in [-0.25, -0.2) is 0 Å². The summed E-state index contributed by atoms with van der Waals surface area (Å²) < 4.78 is 0. The molecule has 2 rings (SSSR count). The lowest BCUT2D eigenvalue weighted by atomic mass is 9.99. The third-order valence-electron chi connectivity index (χ3n) is 3.43. The van der Waals surface area contributed by atoms with E-state index in [4.69, 9.17) is 0 Å². The van der Waals surface area contributed by atoms with Gasteiger partial charge < -0.3 is 5.21 Å². The number of rotatable bonds is 4. The van der Waals surface area contributed by atoms with E-state index in [-0.39, 0.29) is 0 Å². The van der Waals surface area contributed by atoms with E-state index in [0.717, 1.165) is 23.4 Å². The van der Waals surface area contributed by atoms with Crippen LogP contribution in [0.15, 0.2) is 41.6 Å². The minimum absolute atomic E-state index is 0.710. The third kappa shape index (κ3) is 3.44. The normalized spacial score (nSPS) is 11.7. The molecule has 1 aromatic heterocycles. The molecule has 0 radical (unpaired) electrons. The molecule has 20 heavy (non-hydrogen) atoms. The highest BCUT2D eigenvalue weighted by atomic mass is 16.4. The maximum Gasteiger partial charge on any atom is 0.0872 e. The molecule has 0 atom stereocenters. The minimum atomic E-state index is 0.710. The van der Waals surface area contributed by atoms with Gasteiger partial charge in [-0.1, -0.05) is 29.4 Å². The van der Waals surface area contributed by atoms with Crippen LogP contribution in [0.2, 0.25) is 0 Å². The first-order valence-corrected chi connectivity index (χ1v) is 6.81. The van der Waals surface area contributed by atoms with Gasteiger partial charge in [0.1, 0.15) is 0 Å². The maximum atomic E-state index is 9.28. The van der Waals surface area contributed by atoms with Crippen LogP contribution in [0.4, 0.5) is 0 Å². The first-order valence-electron chi connectivity index (χ1n) is 6.81. The van der Waals surface area contributed by atoms with E-state index >= 15 is 0 Å². The summed E-state index contributed by atoms with van der Waals surface area (Å²) in [5, 5.41) is 12.8. The Morgan fingerprint density at radius 3 is 2.35 bits per heavy atom. The van der Waals surface area contributed by atoms with Gasteiger partial charge >= 0.3 is 0 Å². The number of pyridine rings is 1. The summed E-state index contributed by atoms with van der Waals surface area (Å²) in [6, 6.07) is 12.2. The quantitative estimate of drug-likeness (QED) is 0.520. The molecule has 0 aliphatic carbocycles. The average molecular weight is 268 g/mol. The van der Waals surface area contributed by atoms with Crippen LogP contribution in [0.1, 0.15) is 34.5 Å². The molecule has 1 aromatic carbocycles. The van der Waals surface area contributed by atoms with E-state index in [9.17, 15) is 5.21 Å². The van der Waals surface area contributed by atoms with Gasteiger partial charge in [-0.2, -0.15) is 0 Å². The van der Waals surface area contributed by atoms with Gasteiger partial charge in [0.2, 0.25) is 0 Å². The molecule has 0 saturated carbocycles. The minimum Gasteiger partial charge on any atom is -0.411 e. The molecule has 0 amide bonds. The molecule has 0 aliphatic heterocycles. The van der Waals surface area contributed by atoms with Crippen molar-refractivity contribution in [2.24, 2.45) is 5.16 Å². The van der Waals surface area contributed by atoms with Crippen molar-refractivity contribution in [2.45, 2.75) is 33.6 Å². The fourth-order valence-electron chi connectivity index (χ4n) is 2.40. The third-order valence-corrected chi connectivity index (χ3v) is 3.43. The Bertz CT molecular complexity index is 612. The van der Waals surface area contributed by atoms with E-state index in [0.29, 0.717) is 12.1 Å². The Morgan fingerprint density at radius 1 is 1.10 bits per heavy atom.